The molecule has 0 spiro atoms. The van der Waals surface area contributed by atoms with Crippen molar-refractivity contribution >= 4 is 70.6 Å². The second-order valence-corrected chi connectivity index (χ2v) is 26.5. The standard InChI is InChI=1S/C68H104N10O13/c1-41(2)33-54-61(84)69-52(65(88)74(14)53(36-48-27-21-18-22-28-48)57(81)35-44(7)62(85)78-31-25-20-26-32-78)39-58(82)72(12)45(8)60(83)70-59(43(5)6)68(91)77(17)56(37-49-29-23-19-24-30-49)66(89)71(11)40-50(80)38-51(47(10)79)64(87)73(13)46(9)63(86)76(16)55(34-42(3)4)67(90)75(54)15/h18-19,21-24,27-30,41-47,51-56,59,79H,20,25-26,31-40H2,1-17H3,(H,69,84)(H,70,83)/t44-,45+,46+,47-,51+,52+,53+,54+,55+,56+,59+/m1/s1. The van der Waals surface area contributed by atoms with Crippen LogP contribution in [-0.2, 0) is 70.4 Å². The van der Waals surface area contributed by atoms with Gasteiger partial charge in [0.25, 0.3) is 0 Å². The molecule has 2 fully saturated rings. The number of ketones is 2. The number of Topliss-reactive ketones (excluding diaryl/α,β-unsaturated/α-hetero) is 2. The molecule has 0 bridgehead atoms. The summed E-state index contributed by atoms with van der Waals surface area (Å²) in [6, 6.07) is 7.13. The van der Waals surface area contributed by atoms with Crippen molar-refractivity contribution in [2.45, 2.75) is 188 Å². The topological polar surface area (TPSA) is 275 Å². The molecule has 11 atom stereocenters. The van der Waals surface area contributed by atoms with Crippen LogP contribution in [-0.4, -0.2) is 238 Å². The molecule has 2 aliphatic heterocycles. The zero-order valence-corrected chi connectivity index (χ0v) is 57.0. The molecule has 0 aromatic heterocycles. The molecular weight excluding hydrogens is 1160 g/mol. The number of piperidine rings is 1. The van der Waals surface area contributed by atoms with Gasteiger partial charge in [0.1, 0.15) is 42.3 Å². The lowest BCUT2D eigenvalue weighted by Gasteiger charge is -2.38. The molecule has 2 aromatic carbocycles. The van der Waals surface area contributed by atoms with Crippen molar-refractivity contribution in [3.05, 3.63) is 71.8 Å². The Morgan fingerprint density at radius 3 is 1.65 bits per heavy atom. The third-order valence-electron chi connectivity index (χ3n) is 18.0. The third-order valence-corrected chi connectivity index (χ3v) is 18.0. The number of likely N-dealkylation sites (tertiary alicyclic amines) is 1. The van der Waals surface area contributed by atoms with Crippen molar-refractivity contribution in [3.63, 3.8) is 0 Å². The Labute approximate surface area is 539 Å². The highest BCUT2D eigenvalue weighted by molar-refractivity contribution is 6.00. The predicted molar refractivity (Wildman–Crippen MR) is 345 cm³/mol. The van der Waals surface area contributed by atoms with Gasteiger partial charge in [0.05, 0.1) is 31.0 Å². The average Bonchev–Trinajstić information content (AvgIpc) is 1.07. The van der Waals surface area contributed by atoms with Crippen molar-refractivity contribution in [1.29, 1.82) is 0 Å². The summed E-state index contributed by atoms with van der Waals surface area (Å²) in [5.74, 6) is -11.2. The van der Waals surface area contributed by atoms with Gasteiger partial charge in [0.15, 0.2) is 11.6 Å². The van der Waals surface area contributed by atoms with Gasteiger partial charge in [-0.2, -0.15) is 0 Å². The molecule has 2 heterocycles. The van der Waals surface area contributed by atoms with Gasteiger partial charge in [-0.3, -0.25) is 57.5 Å². The molecule has 0 unspecified atom stereocenters. The summed E-state index contributed by atoms with van der Waals surface area (Å²) < 4.78 is 0. The smallest absolute Gasteiger partial charge is 0.246 e. The van der Waals surface area contributed by atoms with Crippen molar-refractivity contribution in [3.8, 4) is 0 Å². The quantitative estimate of drug-likeness (QED) is 0.217. The van der Waals surface area contributed by atoms with E-state index < -0.39 is 156 Å². The first-order chi connectivity index (χ1) is 42.6. The molecule has 10 amide bonds. The number of aliphatic hydroxyl groups is 1. The molecule has 0 aliphatic carbocycles. The van der Waals surface area contributed by atoms with E-state index in [-0.39, 0.29) is 49.8 Å². The summed E-state index contributed by atoms with van der Waals surface area (Å²) in [6.07, 6.45) is -0.177. The van der Waals surface area contributed by atoms with E-state index in [9.17, 15) is 48.3 Å². The fraction of sp³-hybridized carbons (Fsp3) is 0.647. The fourth-order valence-corrected chi connectivity index (χ4v) is 11.8. The molecule has 504 valence electrons. The SMILES string of the molecule is CC(C)C[C@H]1C(=O)N(C)[C@@H](CC(C)C)C(=O)N[C@H](C(=O)N(C)[C@@H](Cc2ccccc2)C(=O)C[C@@H](C)C(=O)N2CCCCC2)CC(=O)N(C)[C@@H](C)C(=O)N[C@@H](C(C)C)C(=O)N(C)[C@@H](Cc2ccccc2)C(=O)N(C)CC(=O)C[C@@H]([C@@H](C)O)C(=O)N(C)[C@@H](C)C(=O)N1C. The first-order valence-corrected chi connectivity index (χ1v) is 32.1. The number of hydrogen-bond acceptors (Lipinski definition) is 13. The van der Waals surface area contributed by atoms with Crippen molar-refractivity contribution in [2.24, 2.45) is 29.6 Å². The van der Waals surface area contributed by atoms with Gasteiger partial charge < -0.3 is 54.9 Å². The van der Waals surface area contributed by atoms with Gasteiger partial charge in [0.2, 0.25) is 59.1 Å². The van der Waals surface area contributed by atoms with Crippen molar-refractivity contribution in [1.82, 2.24) is 49.8 Å². The number of likely N-dealkylation sites (N-methyl/N-ethyl adjacent to an activating group) is 7. The van der Waals surface area contributed by atoms with Crippen molar-refractivity contribution in [2.75, 3.05) is 69.0 Å². The van der Waals surface area contributed by atoms with E-state index in [2.05, 4.69) is 10.6 Å². The van der Waals surface area contributed by atoms with E-state index in [1.807, 2.05) is 27.7 Å². The van der Waals surface area contributed by atoms with Crippen LogP contribution in [0.4, 0.5) is 0 Å². The highest BCUT2D eigenvalue weighted by Crippen LogP contribution is 2.25. The van der Waals surface area contributed by atoms with Crippen LogP contribution in [0, 0.1) is 29.6 Å². The highest BCUT2D eigenvalue weighted by atomic mass is 16.3. The van der Waals surface area contributed by atoms with Gasteiger partial charge in [-0.1, -0.05) is 109 Å². The second-order valence-electron chi connectivity index (χ2n) is 26.5. The van der Waals surface area contributed by atoms with Crippen molar-refractivity contribution < 1.29 is 62.6 Å². The van der Waals surface area contributed by atoms with E-state index in [4.69, 9.17) is 0 Å². The molecule has 0 saturated carbocycles. The van der Waals surface area contributed by atoms with E-state index in [1.54, 1.807) is 86.3 Å². The number of carbonyl (C=O) groups is 12. The summed E-state index contributed by atoms with van der Waals surface area (Å²) in [7, 11) is 9.62. The molecule has 2 aromatic rings. The third kappa shape index (κ3) is 20.7. The maximum Gasteiger partial charge on any atom is 0.246 e. The minimum absolute atomic E-state index is 0.00111. The normalized spacial score (nSPS) is 24.5. The number of rotatable bonds is 16. The van der Waals surface area contributed by atoms with Crippen LogP contribution in [0.1, 0.15) is 132 Å². The van der Waals surface area contributed by atoms with Gasteiger partial charge in [-0.25, -0.2) is 0 Å². The molecule has 0 radical (unpaired) electrons. The van der Waals surface area contributed by atoms with Crippen LogP contribution < -0.4 is 10.6 Å². The largest absolute Gasteiger partial charge is 0.393 e. The van der Waals surface area contributed by atoms with E-state index >= 15 is 14.4 Å². The highest BCUT2D eigenvalue weighted by Gasteiger charge is 2.43. The number of aliphatic hydroxyl groups excluding tert-OH is 1. The Bertz CT molecular complexity index is 2860. The lowest BCUT2D eigenvalue weighted by Crippen LogP contribution is -2.61. The Hall–Kier alpha value is -7.56. The molecule has 2 saturated heterocycles. The first-order valence-electron chi connectivity index (χ1n) is 32.1. The zero-order chi connectivity index (χ0) is 68.5. The molecule has 2 aliphatic rings. The van der Waals surface area contributed by atoms with Crippen LogP contribution in [0.2, 0.25) is 0 Å². The van der Waals surface area contributed by atoms with Crippen LogP contribution in [0.5, 0.6) is 0 Å². The van der Waals surface area contributed by atoms with E-state index in [0.29, 0.717) is 24.2 Å². The molecule has 23 nitrogen and oxygen atoms in total. The van der Waals surface area contributed by atoms with E-state index in [0.717, 1.165) is 34.0 Å². The second kappa shape index (κ2) is 34.7. The Morgan fingerprint density at radius 2 is 1.11 bits per heavy atom. The summed E-state index contributed by atoms with van der Waals surface area (Å²) in [4.78, 5) is 186. The Balaban J connectivity index is 1.91. The Morgan fingerprint density at radius 1 is 0.582 bits per heavy atom. The maximum absolute atomic E-state index is 15.5. The lowest BCUT2D eigenvalue weighted by atomic mass is 9.93. The Kier molecular flexibility index (Phi) is 29.0. The lowest BCUT2D eigenvalue weighted by molar-refractivity contribution is -0.154. The predicted octanol–water partition coefficient (Wildman–Crippen LogP) is 3.62. The zero-order valence-electron chi connectivity index (χ0n) is 57.0. The van der Waals surface area contributed by atoms with Crippen LogP contribution >= 0.6 is 0 Å². The minimum Gasteiger partial charge on any atom is -0.393 e. The van der Waals surface area contributed by atoms with Crippen LogP contribution in [0.3, 0.4) is 0 Å². The number of amides is 10. The van der Waals surface area contributed by atoms with Crippen LogP contribution in [0.25, 0.3) is 0 Å². The fourth-order valence-electron chi connectivity index (χ4n) is 11.8. The number of hydrogen-bond donors (Lipinski definition) is 3. The molecule has 3 N–H and O–H groups in total. The number of benzene rings is 2. The summed E-state index contributed by atoms with van der Waals surface area (Å²) >= 11 is 0. The molecule has 4 rings (SSSR count). The van der Waals surface area contributed by atoms with E-state index in [1.165, 1.54) is 89.7 Å². The molecule has 23 heteroatoms. The van der Waals surface area contributed by atoms with Gasteiger partial charge >= 0.3 is 0 Å². The van der Waals surface area contributed by atoms with Gasteiger partial charge in [-0.15, -0.1) is 0 Å². The minimum atomic E-state index is -1.74. The van der Waals surface area contributed by atoms with Gasteiger partial charge in [-0.05, 0) is 88.2 Å². The summed E-state index contributed by atoms with van der Waals surface area (Å²) in [5, 5.41) is 16.6. The number of nitrogens with one attached hydrogen (secondary N) is 2. The maximum atomic E-state index is 15.5. The summed E-state index contributed by atoms with van der Waals surface area (Å²) in [5.41, 5.74) is 1.34. The molecular formula is C68H104N10O13. The number of nitrogens with zero attached hydrogens (tertiary/aromatic N) is 8. The van der Waals surface area contributed by atoms with Crippen LogP contribution in [0.15, 0.2) is 60.7 Å². The summed E-state index contributed by atoms with van der Waals surface area (Å²) in [6.45, 7) is 17.2. The monoisotopic (exact) mass is 1270 g/mol. The average molecular weight is 1270 g/mol. The first kappa shape index (κ1) is 75.9. The van der Waals surface area contributed by atoms with Gasteiger partial charge in [0, 0.05) is 87.6 Å². The number of carbonyl (C=O) groups excluding carboxylic acids is 12. The molecule has 91 heavy (non-hydrogen) atoms.